The Bertz CT molecular complexity index is 970. The summed E-state index contributed by atoms with van der Waals surface area (Å²) in [5, 5.41) is 18.6. The first kappa shape index (κ1) is 17.8. The van der Waals surface area contributed by atoms with Crippen LogP contribution >= 0.6 is 23.2 Å². The molecule has 0 saturated carbocycles. The van der Waals surface area contributed by atoms with Crippen LogP contribution < -0.4 is 5.56 Å². The molecule has 0 fully saturated rings. The molecule has 0 amide bonds. The Morgan fingerprint density at radius 1 is 1.36 bits per heavy atom. The van der Waals surface area contributed by atoms with Gasteiger partial charge in [-0.05, 0) is 13.0 Å². The van der Waals surface area contributed by atoms with E-state index in [0.29, 0.717) is 10.9 Å². The molecule has 3 aromatic rings. The van der Waals surface area contributed by atoms with E-state index in [-0.39, 0.29) is 28.9 Å². The molecule has 1 aromatic carbocycles. The number of hydrogen-bond donors (Lipinski definition) is 1. The molecule has 2 aromatic heterocycles. The number of nitrogens with zero attached hydrogens (tertiary/aromatic N) is 4. The summed E-state index contributed by atoms with van der Waals surface area (Å²) in [7, 11) is 0. The van der Waals surface area contributed by atoms with Crippen LogP contribution in [0.1, 0.15) is 18.5 Å². The first-order chi connectivity index (χ1) is 11.9. The Hall–Kier alpha value is -1.96. The molecule has 0 aliphatic carbocycles. The Morgan fingerprint density at radius 3 is 2.72 bits per heavy atom. The fraction of sp³-hybridized carbons (Fsp3) is 0.312. The number of aromatic nitrogens is 4. The number of aliphatic hydroxyl groups excluding tert-OH is 1. The van der Waals surface area contributed by atoms with E-state index in [1.165, 1.54) is 23.9 Å². The first-order valence-corrected chi connectivity index (χ1v) is 8.46. The first-order valence-electron chi connectivity index (χ1n) is 7.55. The third kappa shape index (κ3) is 3.27. The van der Waals surface area contributed by atoms with Crippen molar-refractivity contribution in [1.82, 2.24) is 19.6 Å². The van der Waals surface area contributed by atoms with Gasteiger partial charge in [-0.1, -0.05) is 29.8 Å². The zero-order chi connectivity index (χ0) is 18.1. The van der Waals surface area contributed by atoms with Crippen molar-refractivity contribution in [3.8, 4) is 0 Å². The molecule has 0 radical (unpaired) electrons. The minimum atomic E-state index is -0.865. The number of alkyl halides is 1. The van der Waals surface area contributed by atoms with Gasteiger partial charge in [-0.2, -0.15) is 10.2 Å². The molecule has 1 N–H and O–H groups in total. The van der Waals surface area contributed by atoms with E-state index < -0.39 is 17.7 Å². The van der Waals surface area contributed by atoms with E-state index in [0.717, 1.165) is 4.68 Å². The van der Waals surface area contributed by atoms with Gasteiger partial charge in [0.1, 0.15) is 11.0 Å². The Morgan fingerprint density at radius 2 is 2.08 bits per heavy atom. The summed E-state index contributed by atoms with van der Waals surface area (Å²) in [5.74, 6) is -0.371. The van der Waals surface area contributed by atoms with Gasteiger partial charge in [-0.15, -0.1) is 11.6 Å². The van der Waals surface area contributed by atoms with Crippen LogP contribution in [0.25, 0.3) is 10.9 Å². The molecule has 132 valence electrons. The van der Waals surface area contributed by atoms with E-state index in [1.807, 2.05) is 0 Å². The fourth-order valence-corrected chi connectivity index (χ4v) is 3.16. The van der Waals surface area contributed by atoms with Crippen molar-refractivity contribution in [2.45, 2.75) is 25.6 Å². The minimum Gasteiger partial charge on any atom is -0.391 e. The number of benzene rings is 1. The molecule has 2 unspecified atom stereocenters. The summed E-state index contributed by atoms with van der Waals surface area (Å²) in [4.78, 5) is 12.6. The smallest absolute Gasteiger partial charge is 0.295 e. The molecular formula is C16H15Cl2FN4O2. The van der Waals surface area contributed by atoms with Gasteiger partial charge >= 0.3 is 0 Å². The van der Waals surface area contributed by atoms with Crippen molar-refractivity contribution >= 4 is 34.1 Å². The topological polar surface area (TPSA) is 72.9 Å². The van der Waals surface area contributed by atoms with Gasteiger partial charge in [0.2, 0.25) is 0 Å². The molecular weight excluding hydrogens is 370 g/mol. The molecule has 6 nitrogen and oxygen atoms in total. The quantitative estimate of drug-likeness (QED) is 0.686. The van der Waals surface area contributed by atoms with Crippen LogP contribution in [0.15, 0.2) is 35.3 Å². The van der Waals surface area contributed by atoms with Gasteiger partial charge < -0.3 is 5.11 Å². The summed E-state index contributed by atoms with van der Waals surface area (Å²) in [5.41, 5.74) is -0.0292. The molecule has 0 aliphatic rings. The van der Waals surface area contributed by atoms with Crippen LogP contribution in [0.3, 0.4) is 0 Å². The third-order valence-electron chi connectivity index (χ3n) is 3.95. The van der Waals surface area contributed by atoms with E-state index >= 15 is 0 Å². The van der Waals surface area contributed by atoms with Crippen LogP contribution in [0.5, 0.6) is 0 Å². The Kier molecular flexibility index (Phi) is 5.08. The molecule has 9 heteroatoms. The van der Waals surface area contributed by atoms with Crippen molar-refractivity contribution in [3.63, 3.8) is 0 Å². The van der Waals surface area contributed by atoms with Crippen molar-refractivity contribution in [3.05, 3.63) is 57.3 Å². The molecule has 2 heterocycles. The summed E-state index contributed by atoms with van der Waals surface area (Å²) >= 11 is 12.1. The van der Waals surface area contributed by atoms with Gasteiger partial charge in [-0.25, -0.2) is 13.8 Å². The van der Waals surface area contributed by atoms with Crippen LogP contribution in [0.4, 0.5) is 4.39 Å². The maximum atomic E-state index is 13.8. The highest BCUT2D eigenvalue weighted by atomic mass is 35.5. The maximum absolute atomic E-state index is 13.8. The average molecular weight is 385 g/mol. The van der Waals surface area contributed by atoms with E-state index in [9.17, 15) is 14.3 Å². The Labute approximate surface area is 152 Å². The second-order valence-corrected chi connectivity index (χ2v) is 6.33. The van der Waals surface area contributed by atoms with Crippen molar-refractivity contribution in [1.29, 1.82) is 0 Å². The lowest BCUT2D eigenvalue weighted by atomic mass is 10.2. The molecule has 0 aliphatic heterocycles. The number of hydrogen-bond acceptors (Lipinski definition) is 4. The fourth-order valence-electron chi connectivity index (χ4n) is 2.54. The molecule has 0 bridgehead atoms. The minimum absolute atomic E-state index is 0.0136. The summed E-state index contributed by atoms with van der Waals surface area (Å²) in [6.07, 6.45) is 0.530. The second-order valence-electron chi connectivity index (χ2n) is 5.66. The predicted octanol–water partition coefficient (Wildman–Crippen LogP) is 2.59. The van der Waals surface area contributed by atoms with E-state index in [4.69, 9.17) is 23.2 Å². The molecule has 25 heavy (non-hydrogen) atoms. The SMILES string of the molecule is CC(O)C(CCl)n1ncc2c(Cl)n(Cc3ccccc3F)nc2c1=O. The summed E-state index contributed by atoms with van der Waals surface area (Å²) in [6.45, 7) is 1.60. The van der Waals surface area contributed by atoms with Crippen LogP contribution in [0.2, 0.25) is 5.15 Å². The number of rotatable bonds is 5. The molecule has 3 rings (SSSR count). The van der Waals surface area contributed by atoms with E-state index in [1.54, 1.807) is 18.2 Å². The van der Waals surface area contributed by atoms with Crippen molar-refractivity contribution in [2.75, 3.05) is 5.88 Å². The second kappa shape index (κ2) is 7.11. The highest BCUT2D eigenvalue weighted by Gasteiger charge is 2.22. The molecule has 2 atom stereocenters. The lowest BCUT2D eigenvalue weighted by Crippen LogP contribution is -2.34. The maximum Gasteiger partial charge on any atom is 0.295 e. The van der Waals surface area contributed by atoms with Gasteiger partial charge in [-0.3, -0.25) is 4.79 Å². The van der Waals surface area contributed by atoms with Crippen LogP contribution in [0, 0.1) is 5.82 Å². The predicted molar refractivity (Wildman–Crippen MR) is 93.7 cm³/mol. The standard InChI is InChI=1S/C16H15Cl2FN4O2/c1-9(24)13(6-17)23-16(25)14-11(7-20-23)15(18)22(21-14)8-10-4-2-3-5-12(10)19/h2-5,7,9,13,24H,6,8H2,1H3. The average Bonchev–Trinajstić information content (AvgIpc) is 2.89. The van der Waals surface area contributed by atoms with Crippen LogP contribution in [-0.2, 0) is 6.54 Å². The zero-order valence-corrected chi connectivity index (χ0v) is 14.7. The normalized spacial score (nSPS) is 14.0. The van der Waals surface area contributed by atoms with Gasteiger partial charge in [0.25, 0.3) is 5.56 Å². The lowest BCUT2D eigenvalue weighted by molar-refractivity contribution is 0.131. The third-order valence-corrected chi connectivity index (χ3v) is 4.67. The highest BCUT2D eigenvalue weighted by molar-refractivity contribution is 6.34. The van der Waals surface area contributed by atoms with Gasteiger partial charge in [0.15, 0.2) is 5.52 Å². The number of aliphatic hydroxyl groups is 1. The number of halogens is 3. The Balaban J connectivity index is 2.09. The van der Waals surface area contributed by atoms with Gasteiger partial charge in [0, 0.05) is 11.4 Å². The molecule has 0 saturated heterocycles. The van der Waals surface area contributed by atoms with Crippen LogP contribution in [-0.4, -0.2) is 36.7 Å². The monoisotopic (exact) mass is 384 g/mol. The van der Waals surface area contributed by atoms with Crippen molar-refractivity contribution in [2.24, 2.45) is 0 Å². The highest BCUT2D eigenvalue weighted by Crippen LogP contribution is 2.22. The van der Waals surface area contributed by atoms with Gasteiger partial charge in [0.05, 0.1) is 30.3 Å². The summed E-state index contributed by atoms with van der Waals surface area (Å²) < 4.78 is 16.3. The molecule has 0 spiro atoms. The summed E-state index contributed by atoms with van der Waals surface area (Å²) in [6, 6.07) is 5.57. The lowest BCUT2D eigenvalue weighted by Gasteiger charge is -2.18. The van der Waals surface area contributed by atoms with Crippen molar-refractivity contribution < 1.29 is 9.50 Å². The largest absolute Gasteiger partial charge is 0.391 e. The zero-order valence-electron chi connectivity index (χ0n) is 13.2. The number of fused-ring (bicyclic) bond motifs is 1. The van der Waals surface area contributed by atoms with E-state index in [2.05, 4.69) is 10.2 Å².